The van der Waals surface area contributed by atoms with Gasteiger partial charge in [-0.25, -0.2) is 0 Å². The quantitative estimate of drug-likeness (QED) is 0.0414. The van der Waals surface area contributed by atoms with Crippen molar-refractivity contribution in [1.29, 1.82) is 0 Å². The summed E-state index contributed by atoms with van der Waals surface area (Å²) in [6, 6.07) is 29.0. The molecule has 1 saturated heterocycles. The summed E-state index contributed by atoms with van der Waals surface area (Å²) in [5, 5.41) is 47.3. The van der Waals surface area contributed by atoms with Gasteiger partial charge in [0, 0.05) is 90.8 Å². The van der Waals surface area contributed by atoms with E-state index in [0.29, 0.717) is 46.2 Å². The average molecular weight is 1830 g/mol. The first-order chi connectivity index (χ1) is 61.9. The molecule has 34 nitrogen and oxygen atoms in total. The zero-order valence-electron chi connectivity index (χ0n) is 74.8. The minimum absolute atomic E-state index is 0.0350. The SMILES string of the molecule is CCCC[C@H]1C(=O)N(C)CC(=O)N[C@@H](CC(=O)O)C(=O)N[C@@H](C(C)C)C(=O)N(C)[C@@H](Cc2ccccc2)C(=O)N[C@@H](Cc2ccc(CN)cc2)C(=O)N(C)CC(=O)N[C@@H](Cc2csc3ccccc23)C(=O)N[C@@H](Cc2ccc(O)cc2)C(=O)N[C@@H](CC(C)C)C(=O)N[C@H](C(=O)NCC(N)=O)CSCC(=O)N[C@@H](Cc2ccccc2)C(=O)N(C)[C@@H](Cc2ccccc2)C(=O)N1C. The zero-order valence-corrected chi connectivity index (χ0v) is 76.5. The van der Waals surface area contributed by atoms with Crippen LogP contribution in [0.3, 0.4) is 0 Å². The van der Waals surface area contributed by atoms with Gasteiger partial charge in [-0.1, -0.05) is 193 Å². The molecule has 1 aliphatic rings. The van der Waals surface area contributed by atoms with Crippen LogP contribution in [-0.4, -0.2) is 262 Å². The summed E-state index contributed by atoms with van der Waals surface area (Å²) in [5.41, 5.74) is 15.4. The lowest BCUT2D eigenvalue weighted by atomic mass is 9.98. The number of benzene rings is 6. The van der Waals surface area contributed by atoms with Crippen molar-refractivity contribution in [3.8, 4) is 5.75 Å². The van der Waals surface area contributed by atoms with Crippen molar-refractivity contribution in [3.05, 3.63) is 208 Å². The Hall–Kier alpha value is -13.1. The number of fused-ring (bicyclic) bond motifs is 1. The average Bonchev–Trinajstić information content (AvgIpc) is 1.47. The molecule has 0 saturated carbocycles. The number of thiophene rings is 1. The number of aromatic hydroxyl groups is 1. The van der Waals surface area contributed by atoms with E-state index in [1.165, 1.54) is 80.6 Å². The van der Waals surface area contributed by atoms with Gasteiger partial charge in [0.15, 0.2) is 0 Å². The lowest BCUT2D eigenvalue weighted by Gasteiger charge is -2.37. The van der Waals surface area contributed by atoms with E-state index in [9.17, 15) is 48.6 Å². The van der Waals surface area contributed by atoms with E-state index in [1.807, 2.05) is 25.1 Å². The van der Waals surface area contributed by atoms with Gasteiger partial charge in [-0.05, 0) is 92.6 Å². The predicted molar refractivity (Wildman–Crippen MR) is 492 cm³/mol. The second-order valence-electron chi connectivity index (χ2n) is 33.3. The number of carboxylic acid groups (broad SMARTS) is 1. The summed E-state index contributed by atoms with van der Waals surface area (Å²) in [7, 11) is 6.61. The van der Waals surface area contributed by atoms with Crippen LogP contribution < -0.4 is 59.3 Å². The third kappa shape index (κ3) is 30.8. The first-order valence-corrected chi connectivity index (χ1v) is 45.1. The van der Waals surface area contributed by atoms with Crippen LogP contribution >= 0.6 is 23.1 Å². The number of thioether (sulfide) groups is 1. The highest BCUT2D eigenvalue weighted by Crippen LogP contribution is 2.28. The number of unbranched alkanes of at least 4 members (excludes halogenated alkanes) is 1. The molecule has 15 amide bonds. The highest BCUT2D eigenvalue weighted by atomic mass is 32.2. The highest BCUT2D eigenvalue weighted by molar-refractivity contribution is 8.00. The van der Waals surface area contributed by atoms with Crippen molar-refractivity contribution in [1.82, 2.24) is 72.4 Å². The topological polar surface area (TPSA) is 490 Å². The summed E-state index contributed by atoms with van der Waals surface area (Å²) in [6.07, 6.45) is -1.32. The number of carboxylic acids is 1. The van der Waals surface area contributed by atoms with Crippen LogP contribution in [0, 0.1) is 11.8 Å². The molecule has 0 radical (unpaired) electrons. The molecule has 8 rings (SSSR count). The lowest BCUT2D eigenvalue weighted by Crippen LogP contribution is -2.61. The third-order valence-corrected chi connectivity index (χ3v) is 24.3. The van der Waals surface area contributed by atoms with Crippen molar-refractivity contribution in [3.63, 3.8) is 0 Å². The van der Waals surface area contributed by atoms with Gasteiger partial charge in [-0.3, -0.25) is 76.7 Å². The zero-order chi connectivity index (χ0) is 95.0. The molecule has 7 aromatic rings. The second-order valence-corrected chi connectivity index (χ2v) is 35.3. The summed E-state index contributed by atoms with van der Waals surface area (Å²) in [4.78, 5) is 241. The molecule has 6 aromatic carbocycles. The Labute approximate surface area is 764 Å². The van der Waals surface area contributed by atoms with Crippen LogP contribution in [-0.2, 0) is 122 Å². The Kier molecular flexibility index (Phi) is 39.4. The van der Waals surface area contributed by atoms with E-state index in [0.717, 1.165) is 42.1 Å². The molecular weight excluding hydrogens is 1710 g/mol. The molecule has 0 unspecified atom stereocenters. The molecule has 15 N–H and O–H groups in total. The van der Waals surface area contributed by atoms with Crippen molar-refractivity contribution in [2.45, 2.75) is 178 Å². The van der Waals surface area contributed by atoms with Gasteiger partial charge in [-0.2, -0.15) is 0 Å². The maximum atomic E-state index is 15.5. The molecule has 0 bridgehead atoms. The van der Waals surface area contributed by atoms with Gasteiger partial charge in [0.05, 0.1) is 31.8 Å². The molecule has 0 aliphatic carbocycles. The van der Waals surface area contributed by atoms with Gasteiger partial charge >= 0.3 is 5.97 Å². The third-order valence-electron chi connectivity index (χ3n) is 22.3. The Morgan fingerprint density at radius 3 is 1.48 bits per heavy atom. The van der Waals surface area contributed by atoms with E-state index in [2.05, 4.69) is 47.9 Å². The van der Waals surface area contributed by atoms with Gasteiger partial charge in [0.25, 0.3) is 0 Å². The maximum absolute atomic E-state index is 15.5. The van der Waals surface area contributed by atoms with Crippen molar-refractivity contribution < 1.29 is 86.9 Å². The number of hydrogen-bond donors (Lipinski definition) is 13. The molecule has 1 aromatic heterocycles. The largest absolute Gasteiger partial charge is 0.508 e. The number of nitrogens with two attached hydrogens (primary N) is 2. The molecule has 1 fully saturated rings. The van der Waals surface area contributed by atoms with E-state index in [4.69, 9.17) is 11.5 Å². The number of nitrogens with one attached hydrogen (secondary N) is 9. The minimum Gasteiger partial charge on any atom is -0.508 e. The number of hydrogen-bond acceptors (Lipinski definition) is 20. The fraction of sp³-hybridized carbons (Fsp3) is 0.426. The highest BCUT2D eigenvalue weighted by Gasteiger charge is 2.42. The van der Waals surface area contributed by atoms with Crippen LogP contribution in [0.2, 0.25) is 0 Å². The van der Waals surface area contributed by atoms with E-state index >= 15 is 38.4 Å². The summed E-state index contributed by atoms with van der Waals surface area (Å²) >= 11 is 2.20. The maximum Gasteiger partial charge on any atom is 0.305 e. The Balaban J connectivity index is 1.22. The molecule has 130 heavy (non-hydrogen) atoms. The molecule has 36 heteroatoms. The molecule has 2 heterocycles. The monoisotopic (exact) mass is 1820 g/mol. The normalized spacial score (nSPS) is 21.8. The van der Waals surface area contributed by atoms with Crippen molar-refractivity contribution >= 4 is 128 Å². The van der Waals surface area contributed by atoms with Crippen molar-refractivity contribution in [2.75, 3.05) is 66.4 Å². The van der Waals surface area contributed by atoms with Crippen LogP contribution in [0.25, 0.3) is 10.1 Å². The number of carbonyl (C=O) groups is 16. The summed E-state index contributed by atoms with van der Waals surface area (Å²) in [5.74, 6) is -17.0. The van der Waals surface area contributed by atoms with Gasteiger partial charge < -0.3 is 94.0 Å². The second kappa shape index (κ2) is 50.0. The standard InChI is InChI=1S/C94H120N16O18S2/c1-11-12-31-74-92(126)107(7)52-80(114)99-70(48-82(116)117)88(122)105-83(57(4)5)94(128)109(9)75(45-59-26-18-14-19-27-59)89(123)103-71(44-61-33-35-63(49-95)36-34-61)90(124)106(6)51-79(113)98-69(47-64-53-130-77-32-23-22-30-66(64)77)87(121)102-68(42-62-37-39-65(111)40-38-62)86(120)101-67(41-56(2)3)85(119)104-73(84(118)97-50-78(96)112)54-129-55-81(115)100-72(43-58-24-16-13-17-25-58)91(125)110(10)76(93(127)108(74)8)46-60-28-20-15-21-29-60/h13-30,32-40,53,56-57,67-76,83,111H,11-12,31,41-52,54-55,95H2,1-10H3,(H2,96,112)(H,97,118)(H,98,113)(H,99,114)(H,100,115)(H,101,120)(H,102,121)(H,103,123)(H,104,119)(H,105,122)(H,116,117)/t67-,68-,69-,70-,71-,72-,73-,74-,75-,76-,83-/m0/s1. The first kappa shape index (κ1) is 102. The van der Waals surface area contributed by atoms with Crippen LogP contribution in [0.1, 0.15) is 106 Å². The number of aliphatic carboxylic acids is 1. The van der Waals surface area contributed by atoms with Gasteiger partial charge in [-0.15, -0.1) is 23.1 Å². The summed E-state index contributed by atoms with van der Waals surface area (Å²) in [6.45, 7) is 6.43. The summed E-state index contributed by atoms with van der Waals surface area (Å²) < 4.78 is 0.828. The molecule has 0 spiro atoms. The number of primary amides is 1. The molecule has 696 valence electrons. The van der Waals surface area contributed by atoms with E-state index in [1.54, 1.807) is 154 Å². The number of nitrogens with zero attached hydrogens (tertiary/aromatic N) is 5. The van der Waals surface area contributed by atoms with E-state index < -0.39 is 199 Å². The predicted octanol–water partition coefficient (Wildman–Crippen LogP) is 2.81. The Bertz CT molecular complexity index is 5090. The number of likely N-dealkylation sites (N-methyl/N-ethyl adjacent to an activating group) is 5. The van der Waals surface area contributed by atoms with Crippen LogP contribution in [0.5, 0.6) is 5.75 Å². The Morgan fingerprint density at radius 1 is 0.469 bits per heavy atom. The Morgan fingerprint density at radius 2 is 0.923 bits per heavy atom. The smallest absolute Gasteiger partial charge is 0.305 e. The molecule has 11 atom stereocenters. The lowest BCUT2D eigenvalue weighted by molar-refractivity contribution is -0.151. The fourth-order valence-electron chi connectivity index (χ4n) is 15.0. The number of carbonyl (C=O) groups excluding carboxylic acids is 15. The molecule has 1 aliphatic heterocycles. The number of rotatable bonds is 24. The minimum atomic E-state index is -1.90. The van der Waals surface area contributed by atoms with Gasteiger partial charge in [0.1, 0.15) is 72.2 Å². The number of amides is 15. The van der Waals surface area contributed by atoms with E-state index in [-0.39, 0.29) is 75.3 Å². The number of phenols is 1. The fourth-order valence-corrected chi connectivity index (χ4v) is 16.9. The van der Waals surface area contributed by atoms with Crippen molar-refractivity contribution in [2.24, 2.45) is 23.3 Å². The number of phenolic OH excluding ortho intramolecular Hbond substituents is 1. The first-order valence-electron chi connectivity index (χ1n) is 43.1. The van der Waals surface area contributed by atoms with Gasteiger partial charge in [0.2, 0.25) is 88.6 Å². The molecular formula is C94H120N16O18S2. The van der Waals surface area contributed by atoms with Crippen LogP contribution in [0.15, 0.2) is 169 Å². The van der Waals surface area contributed by atoms with Crippen LogP contribution in [0.4, 0.5) is 0 Å².